The molecular formula is C27H20N2O5S. The fourth-order valence-corrected chi connectivity index (χ4v) is 4.39. The lowest BCUT2D eigenvalue weighted by atomic mass is 10.1. The van der Waals surface area contributed by atoms with Gasteiger partial charge in [-0.05, 0) is 47.4 Å². The Kier molecular flexibility index (Phi) is 6.81. The molecule has 7 nitrogen and oxygen atoms in total. The van der Waals surface area contributed by atoms with E-state index in [0.29, 0.717) is 11.3 Å². The predicted molar refractivity (Wildman–Crippen MR) is 133 cm³/mol. The average Bonchev–Trinajstić information content (AvgIpc) is 2.88. The molecule has 0 aliphatic rings. The molecule has 0 saturated heterocycles. The highest BCUT2D eigenvalue weighted by atomic mass is 32.2. The van der Waals surface area contributed by atoms with E-state index in [4.69, 9.17) is 8.92 Å². The monoisotopic (exact) mass is 484 g/mol. The molecule has 0 aromatic heterocycles. The van der Waals surface area contributed by atoms with Gasteiger partial charge in [0, 0.05) is 11.1 Å². The summed E-state index contributed by atoms with van der Waals surface area (Å²) in [5.41, 5.74) is 0.788. The van der Waals surface area contributed by atoms with Crippen molar-refractivity contribution >= 4 is 38.6 Å². The zero-order valence-corrected chi connectivity index (χ0v) is 19.5. The van der Waals surface area contributed by atoms with E-state index in [9.17, 15) is 18.5 Å². The number of carbonyl (C=O) groups excluding carboxylic acids is 1. The summed E-state index contributed by atoms with van der Waals surface area (Å²) < 4.78 is 35.9. The number of nitriles is 1. The Balaban J connectivity index is 1.63. The Labute approximate surface area is 203 Å². The lowest BCUT2D eigenvalue weighted by Crippen LogP contribution is -2.13. The summed E-state index contributed by atoms with van der Waals surface area (Å²) in [4.78, 5) is 12.8. The average molecular weight is 485 g/mol. The molecular weight excluding hydrogens is 464 g/mol. The second-order valence-corrected chi connectivity index (χ2v) is 8.96. The molecule has 0 unspecified atom stereocenters. The summed E-state index contributed by atoms with van der Waals surface area (Å²) in [5, 5.41) is 14.2. The molecule has 0 saturated carbocycles. The summed E-state index contributed by atoms with van der Waals surface area (Å²) >= 11 is 0. The largest absolute Gasteiger partial charge is 0.493 e. The molecule has 0 heterocycles. The smallest absolute Gasteiger partial charge is 0.339 e. The van der Waals surface area contributed by atoms with Crippen molar-refractivity contribution < 1.29 is 22.1 Å². The van der Waals surface area contributed by atoms with Crippen LogP contribution in [0.4, 0.5) is 5.69 Å². The van der Waals surface area contributed by atoms with Crippen LogP contribution in [0.2, 0.25) is 0 Å². The van der Waals surface area contributed by atoms with E-state index in [1.165, 1.54) is 37.5 Å². The number of benzene rings is 4. The molecule has 0 bridgehead atoms. The zero-order valence-electron chi connectivity index (χ0n) is 18.6. The quantitative estimate of drug-likeness (QED) is 0.221. The molecule has 4 aromatic carbocycles. The SMILES string of the molecule is COc1ccc(/C=C(\C#N)C(=O)Nc2cccc3ccccc23)cc1OS(=O)(=O)c1ccccc1. The molecule has 0 aliphatic heterocycles. The van der Waals surface area contributed by atoms with Gasteiger partial charge in [0.25, 0.3) is 5.91 Å². The summed E-state index contributed by atoms with van der Waals surface area (Å²) in [7, 11) is -2.74. The van der Waals surface area contributed by atoms with E-state index in [1.54, 1.807) is 30.3 Å². The molecule has 0 radical (unpaired) electrons. The van der Waals surface area contributed by atoms with Gasteiger partial charge in [-0.3, -0.25) is 4.79 Å². The molecule has 35 heavy (non-hydrogen) atoms. The summed E-state index contributed by atoms with van der Waals surface area (Å²) in [5.74, 6) is -0.490. The van der Waals surface area contributed by atoms with Gasteiger partial charge in [0.15, 0.2) is 11.5 Å². The van der Waals surface area contributed by atoms with Crippen LogP contribution in [0.1, 0.15) is 5.56 Å². The molecule has 8 heteroatoms. The maximum atomic E-state index is 12.9. The highest BCUT2D eigenvalue weighted by Crippen LogP contribution is 2.32. The Morgan fingerprint density at radius 3 is 2.37 bits per heavy atom. The Morgan fingerprint density at radius 2 is 1.63 bits per heavy atom. The molecule has 0 spiro atoms. The van der Waals surface area contributed by atoms with E-state index in [0.717, 1.165) is 10.8 Å². The maximum Gasteiger partial charge on any atom is 0.339 e. The van der Waals surface area contributed by atoms with Gasteiger partial charge in [-0.2, -0.15) is 13.7 Å². The van der Waals surface area contributed by atoms with Crippen LogP contribution in [-0.4, -0.2) is 21.4 Å². The van der Waals surface area contributed by atoms with Gasteiger partial charge in [0.1, 0.15) is 16.5 Å². The lowest BCUT2D eigenvalue weighted by molar-refractivity contribution is -0.112. The minimum atomic E-state index is -4.12. The zero-order chi connectivity index (χ0) is 24.8. The van der Waals surface area contributed by atoms with Crippen molar-refractivity contribution in [2.45, 2.75) is 4.90 Å². The van der Waals surface area contributed by atoms with Gasteiger partial charge < -0.3 is 14.2 Å². The number of nitrogens with one attached hydrogen (secondary N) is 1. The first-order chi connectivity index (χ1) is 16.9. The fourth-order valence-electron chi connectivity index (χ4n) is 3.44. The summed E-state index contributed by atoms with van der Waals surface area (Å²) in [6.07, 6.45) is 1.35. The number of methoxy groups -OCH3 is 1. The summed E-state index contributed by atoms with van der Waals surface area (Å²) in [6, 6.07) is 27.1. The van der Waals surface area contributed by atoms with E-state index in [-0.39, 0.29) is 22.0 Å². The van der Waals surface area contributed by atoms with Gasteiger partial charge in [-0.1, -0.05) is 60.7 Å². The molecule has 4 aromatic rings. The second-order valence-electron chi connectivity index (χ2n) is 7.41. The van der Waals surface area contributed by atoms with Crippen molar-refractivity contribution in [3.05, 3.63) is 102 Å². The molecule has 174 valence electrons. The third-order valence-electron chi connectivity index (χ3n) is 5.13. The number of rotatable bonds is 7. The standard InChI is InChI=1S/C27H20N2O5S/c1-33-25-15-14-19(17-26(25)34-35(31,32)22-10-3-2-4-11-22)16-21(18-28)27(30)29-24-13-7-9-20-8-5-6-12-23(20)24/h2-17H,1H3,(H,29,30)/b21-16+. The van der Waals surface area contributed by atoms with Crippen LogP contribution in [0.15, 0.2) is 101 Å². The fraction of sp³-hybridized carbons (Fsp3) is 0.0370. The van der Waals surface area contributed by atoms with Crippen molar-refractivity contribution in [2.24, 2.45) is 0 Å². The number of hydrogen-bond acceptors (Lipinski definition) is 6. The number of anilines is 1. The van der Waals surface area contributed by atoms with Crippen LogP contribution in [0.3, 0.4) is 0 Å². The van der Waals surface area contributed by atoms with Crippen molar-refractivity contribution in [3.63, 3.8) is 0 Å². The topological polar surface area (TPSA) is 105 Å². The van der Waals surface area contributed by atoms with Crippen molar-refractivity contribution in [3.8, 4) is 17.6 Å². The minimum Gasteiger partial charge on any atom is -0.493 e. The van der Waals surface area contributed by atoms with Crippen molar-refractivity contribution in [1.82, 2.24) is 0 Å². The van der Waals surface area contributed by atoms with Crippen molar-refractivity contribution in [1.29, 1.82) is 5.26 Å². The van der Waals surface area contributed by atoms with E-state index < -0.39 is 16.0 Å². The van der Waals surface area contributed by atoms with E-state index in [1.807, 2.05) is 42.5 Å². The van der Waals surface area contributed by atoms with Gasteiger partial charge in [-0.15, -0.1) is 0 Å². The number of amides is 1. The highest BCUT2D eigenvalue weighted by Gasteiger charge is 2.19. The number of hydrogen-bond donors (Lipinski definition) is 1. The van der Waals surface area contributed by atoms with E-state index in [2.05, 4.69) is 5.32 Å². The Bertz CT molecular complexity index is 1570. The highest BCUT2D eigenvalue weighted by molar-refractivity contribution is 7.87. The first kappa shape index (κ1) is 23.5. The van der Waals surface area contributed by atoms with Crippen LogP contribution in [0.5, 0.6) is 11.5 Å². The molecule has 1 amide bonds. The molecule has 0 aliphatic carbocycles. The van der Waals surface area contributed by atoms with Gasteiger partial charge in [0.2, 0.25) is 0 Å². The van der Waals surface area contributed by atoms with Crippen LogP contribution >= 0.6 is 0 Å². The maximum absolute atomic E-state index is 12.9. The first-order valence-corrected chi connectivity index (χ1v) is 11.9. The number of ether oxygens (including phenoxy) is 1. The third kappa shape index (κ3) is 5.32. The van der Waals surface area contributed by atoms with Crippen LogP contribution in [-0.2, 0) is 14.9 Å². The number of fused-ring (bicyclic) bond motifs is 1. The van der Waals surface area contributed by atoms with Gasteiger partial charge in [0.05, 0.1) is 7.11 Å². The Hall–Kier alpha value is -4.61. The summed E-state index contributed by atoms with van der Waals surface area (Å²) in [6.45, 7) is 0. The minimum absolute atomic E-state index is 0.0184. The first-order valence-electron chi connectivity index (χ1n) is 10.5. The van der Waals surface area contributed by atoms with Crippen LogP contribution in [0, 0.1) is 11.3 Å². The number of carbonyl (C=O) groups is 1. The molecule has 0 fully saturated rings. The Morgan fingerprint density at radius 1 is 0.914 bits per heavy atom. The van der Waals surface area contributed by atoms with Crippen LogP contribution < -0.4 is 14.2 Å². The molecule has 4 rings (SSSR count). The normalized spacial score (nSPS) is 11.5. The molecule has 1 N–H and O–H groups in total. The third-order valence-corrected chi connectivity index (χ3v) is 6.38. The van der Waals surface area contributed by atoms with Gasteiger partial charge >= 0.3 is 10.1 Å². The van der Waals surface area contributed by atoms with Crippen molar-refractivity contribution in [2.75, 3.05) is 12.4 Å². The van der Waals surface area contributed by atoms with E-state index >= 15 is 0 Å². The van der Waals surface area contributed by atoms with Gasteiger partial charge in [-0.25, -0.2) is 0 Å². The number of nitrogens with zero attached hydrogens (tertiary/aromatic N) is 1. The predicted octanol–water partition coefficient (Wildman–Crippen LogP) is 5.16. The molecule has 0 atom stereocenters. The second kappa shape index (κ2) is 10.1. The lowest BCUT2D eigenvalue weighted by Gasteiger charge is -2.12. The van der Waals surface area contributed by atoms with Crippen LogP contribution in [0.25, 0.3) is 16.8 Å².